The maximum Gasteiger partial charge on any atom is 0.416 e. The topological polar surface area (TPSA) is 66.4 Å². The second-order valence-corrected chi connectivity index (χ2v) is 5.31. The Hall–Kier alpha value is -2.31. The Bertz CT molecular complexity index is 597. The molecule has 0 saturated carbocycles. The average Bonchev–Trinajstić information content (AvgIpc) is 2.50. The van der Waals surface area contributed by atoms with E-state index in [4.69, 9.17) is 5.11 Å². The fourth-order valence-corrected chi connectivity index (χ4v) is 2.12. The lowest BCUT2D eigenvalue weighted by Crippen LogP contribution is -2.40. The highest BCUT2D eigenvalue weighted by molar-refractivity contribution is 5.83. The van der Waals surface area contributed by atoms with E-state index in [1.165, 1.54) is 6.07 Å². The zero-order chi connectivity index (χ0) is 18.2. The Morgan fingerprint density at radius 1 is 1.33 bits per heavy atom. The standard InChI is InChI=1S/C17H20F3NO3/c1-2-3-9-14(16(23)24)21-15(22)10-5-7-12-6-4-8-13(11-12)17(18,19)20/h2-4,6,8,11,14H,5,7,9-10H2,1H3,(H,21,22)(H,23,24)/b3-2+. The Morgan fingerprint density at radius 2 is 2.04 bits per heavy atom. The number of carbonyl (C=O) groups excluding carboxylic acids is 1. The van der Waals surface area contributed by atoms with E-state index in [0.29, 0.717) is 18.4 Å². The van der Waals surface area contributed by atoms with Crippen molar-refractivity contribution < 1.29 is 27.9 Å². The number of nitrogens with one attached hydrogen (secondary N) is 1. The molecule has 0 aromatic heterocycles. The molecular weight excluding hydrogens is 323 g/mol. The molecule has 1 aromatic carbocycles. The van der Waals surface area contributed by atoms with Crippen molar-refractivity contribution in [2.75, 3.05) is 0 Å². The summed E-state index contributed by atoms with van der Waals surface area (Å²) in [6, 6.07) is 3.95. The normalized spacial score (nSPS) is 13.0. The van der Waals surface area contributed by atoms with Crippen LogP contribution in [0.25, 0.3) is 0 Å². The number of hydrogen-bond donors (Lipinski definition) is 2. The minimum Gasteiger partial charge on any atom is -0.480 e. The Labute approximate surface area is 138 Å². The van der Waals surface area contributed by atoms with Crippen LogP contribution >= 0.6 is 0 Å². The molecule has 1 unspecified atom stereocenters. The summed E-state index contributed by atoms with van der Waals surface area (Å²) in [5.41, 5.74) is -0.233. The summed E-state index contributed by atoms with van der Waals surface area (Å²) in [7, 11) is 0. The van der Waals surface area contributed by atoms with Gasteiger partial charge in [-0.15, -0.1) is 0 Å². The van der Waals surface area contributed by atoms with Crippen molar-refractivity contribution in [1.82, 2.24) is 5.32 Å². The van der Waals surface area contributed by atoms with Crippen LogP contribution in [0.3, 0.4) is 0 Å². The molecule has 1 rings (SSSR count). The molecule has 2 N–H and O–H groups in total. The van der Waals surface area contributed by atoms with Crippen LogP contribution in [0.15, 0.2) is 36.4 Å². The fourth-order valence-electron chi connectivity index (χ4n) is 2.12. The first-order valence-corrected chi connectivity index (χ1v) is 7.53. The third-order valence-corrected chi connectivity index (χ3v) is 3.36. The lowest BCUT2D eigenvalue weighted by molar-refractivity contribution is -0.141. The summed E-state index contributed by atoms with van der Waals surface area (Å²) < 4.78 is 37.8. The number of allylic oxidation sites excluding steroid dienone is 1. The third-order valence-electron chi connectivity index (χ3n) is 3.36. The minimum atomic E-state index is -4.39. The van der Waals surface area contributed by atoms with Gasteiger partial charge in [-0.25, -0.2) is 4.79 Å². The van der Waals surface area contributed by atoms with Crippen LogP contribution in [0.5, 0.6) is 0 Å². The molecule has 24 heavy (non-hydrogen) atoms. The lowest BCUT2D eigenvalue weighted by atomic mass is 10.0. The van der Waals surface area contributed by atoms with Gasteiger partial charge in [0.2, 0.25) is 5.91 Å². The van der Waals surface area contributed by atoms with Crippen molar-refractivity contribution in [1.29, 1.82) is 0 Å². The number of aryl methyl sites for hydroxylation is 1. The van der Waals surface area contributed by atoms with Crippen molar-refractivity contribution in [3.05, 3.63) is 47.5 Å². The van der Waals surface area contributed by atoms with Crippen molar-refractivity contribution in [2.24, 2.45) is 0 Å². The number of alkyl halides is 3. The van der Waals surface area contributed by atoms with E-state index in [-0.39, 0.29) is 12.8 Å². The van der Waals surface area contributed by atoms with E-state index < -0.39 is 29.7 Å². The van der Waals surface area contributed by atoms with Crippen LogP contribution in [0.4, 0.5) is 13.2 Å². The van der Waals surface area contributed by atoms with E-state index in [1.54, 1.807) is 25.1 Å². The maximum absolute atomic E-state index is 12.6. The van der Waals surface area contributed by atoms with Crippen LogP contribution < -0.4 is 5.32 Å². The Kier molecular flexibility index (Phi) is 7.48. The molecule has 1 aromatic rings. The molecule has 7 heteroatoms. The number of halogens is 3. The van der Waals surface area contributed by atoms with Gasteiger partial charge in [-0.2, -0.15) is 13.2 Å². The number of amides is 1. The molecule has 4 nitrogen and oxygen atoms in total. The first-order valence-electron chi connectivity index (χ1n) is 7.53. The van der Waals surface area contributed by atoms with Crippen molar-refractivity contribution in [3.8, 4) is 0 Å². The predicted octanol–water partition coefficient (Wildman–Crippen LogP) is 3.56. The molecule has 0 bridgehead atoms. The third kappa shape index (κ3) is 6.85. The molecule has 0 spiro atoms. The van der Waals surface area contributed by atoms with E-state index in [1.807, 2.05) is 0 Å². The molecule has 0 aliphatic heterocycles. The van der Waals surface area contributed by atoms with E-state index in [0.717, 1.165) is 12.1 Å². The van der Waals surface area contributed by atoms with Gasteiger partial charge in [0.05, 0.1) is 5.56 Å². The van der Waals surface area contributed by atoms with Crippen molar-refractivity contribution in [3.63, 3.8) is 0 Å². The van der Waals surface area contributed by atoms with Crippen LogP contribution in [0.1, 0.15) is 37.3 Å². The summed E-state index contributed by atoms with van der Waals surface area (Å²) in [6.07, 6.45) is -0.180. The average molecular weight is 343 g/mol. The van der Waals surface area contributed by atoms with Crippen LogP contribution in [0, 0.1) is 0 Å². The first kappa shape index (κ1) is 19.7. The van der Waals surface area contributed by atoms with Gasteiger partial charge in [0.25, 0.3) is 0 Å². The number of carbonyl (C=O) groups is 2. The van der Waals surface area contributed by atoms with Crippen LogP contribution in [-0.2, 0) is 22.2 Å². The zero-order valence-electron chi connectivity index (χ0n) is 13.3. The van der Waals surface area contributed by atoms with Gasteiger partial charge in [0, 0.05) is 6.42 Å². The smallest absolute Gasteiger partial charge is 0.416 e. The van der Waals surface area contributed by atoms with Crippen molar-refractivity contribution in [2.45, 2.75) is 44.8 Å². The lowest BCUT2D eigenvalue weighted by Gasteiger charge is -2.13. The highest BCUT2D eigenvalue weighted by atomic mass is 19.4. The number of rotatable bonds is 8. The molecule has 0 aliphatic carbocycles. The van der Waals surface area contributed by atoms with Gasteiger partial charge < -0.3 is 10.4 Å². The first-order chi connectivity index (χ1) is 11.2. The Morgan fingerprint density at radius 3 is 2.62 bits per heavy atom. The molecule has 132 valence electrons. The predicted molar refractivity (Wildman–Crippen MR) is 83.4 cm³/mol. The number of hydrogen-bond acceptors (Lipinski definition) is 2. The molecule has 0 heterocycles. The highest BCUT2D eigenvalue weighted by Crippen LogP contribution is 2.29. The van der Waals surface area contributed by atoms with Gasteiger partial charge in [-0.05, 0) is 37.8 Å². The second-order valence-electron chi connectivity index (χ2n) is 5.31. The number of carboxylic acid groups (broad SMARTS) is 1. The van der Waals surface area contributed by atoms with Gasteiger partial charge in [-0.1, -0.05) is 30.4 Å². The zero-order valence-corrected chi connectivity index (χ0v) is 13.3. The Balaban J connectivity index is 2.49. The van der Waals surface area contributed by atoms with Crippen molar-refractivity contribution >= 4 is 11.9 Å². The number of aliphatic carboxylic acids is 1. The van der Waals surface area contributed by atoms with E-state index >= 15 is 0 Å². The van der Waals surface area contributed by atoms with Gasteiger partial charge in [-0.3, -0.25) is 4.79 Å². The SMILES string of the molecule is C/C=C/CC(NC(=O)CCCc1cccc(C(F)(F)F)c1)C(=O)O. The monoisotopic (exact) mass is 343 g/mol. The number of carboxylic acids is 1. The molecule has 0 saturated heterocycles. The summed E-state index contributed by atoms with van der Waals surface area (Å²) >= 11 is 0. The summed E-state index contributed by atoms with van der Waals surface area (Å²) in [5.74, 6) is -1.56. The summed E-state index contributed by atoms with van der Waals surface area (Å²) in [6.45, 7) is 1.75. The molecule has 1 atom stereocenters. The molecule has 0 radical (unpaired) electrons. The van der Waals surface area contributed by atoms with Crippen LogP contribution in [-0.4, -0.2) is 23.0 Å². The van der Waals surface area contributed by atoms with Gasteiger partial charge >= 0.3 is 12.1 Å². The minimum absolute atomic E-state index is 0.0515. The van der Waals surface area contributed by atoms with Gasteiger partial charge in [0.15, 0.2) is 0 Å². The fraction of sp³-hybridized carbons (Fsp3) is 0.412. The van der Waals surface area contributed by atoms with Gasteiger partial charge in [0.1, 0.15) is 6.04 Å². The molecule has 1 amide bonds. The molecule has 0 aliphatic rings. The summed E-state index contributed by atoms with van der Waals surface area (Å²) in [4.78, 5) is 22.8. The quantitative estimate of drug-likeness (QED) is 0.709. The largest absolute Gasteiger partial charge is 0.480 e. The highest BCUT2D eigenvalue weighted by Gasteiger charge is 2.30. The maximum atomic E-state index is 12.6. The van der Waals surface area contributed by atoms with E-state index in [9.17, 15) is 22.8 Å². The second kappa shape index (κ2) is 9.10. The molecular formula is C17H20F3NO3. The molecule has 0 fully saturated rings. The summed E-state index contributed by atoms with van der Waals surface area (Å²) in [5, 5.41) is 11.4. The van der Waals surface area contributed by atoms with E-state index in [2.05, 4.69) is 5.32 Å². The van der Waals surface area contributed by atoms with Crippen LogP contribution in [0.2, 0.25) is 0 Å². The number of benzene rings is 1.